The summed E-state index contributed by atoms with van der Waals surface area (Å²) in [5.74, 6) is -1.50. The number of benzene rings is 1. The van der Waals surface area contributed by atoms with Gasteiger partial charge in [-0.1, -0.05) is 11.3 Å². The molecule has 132 valence electrons. The first-order valence-electron chi connectivity index (χ1n) is 7.37. The largest absolute Gasteiger partial charge is 0.481 e. The average molecular weight is 347 g/mol. The summed E-state index contributed by atoms with van der Waals surface area (Å²) in [6.07, 6.45) is 1.75. The first-order chi connectivity index (χ1) is 12.0. The van der Waals surface area contributed by atoms with Crippen molar-refractivity contribution in [1.82, 2.24) is 20.3 Å². The summed E-state index contributed by atoms with van der Waals surface area (Å²) in [7, 11) is 1.25. The normalized spacial score (nSPS) is 10.1. The van der Waals surface area contributed by atoms with Crippen molar-refractivity contribution >= 4 is 23.7 Å². The van der Waals surface area contributed by atoms with Crippen molar-refractivity contribution in [3.8, 4) is 5.69 Å². The van der Waals surface area contributed by atoms with Gasteiger partial charge in [0, 0.05) is 18.7 Å². The first kappa shape index (κ1) is 17.9. The molecule has 0 unspecified atom stereocenters. The number of urea groups is 1. The molecule has 0 aliphatic rings. The zero-order chi connectivity index (χ0) is 18.2. The van der Waals surface area contributed by atoms with E-state index in [2.05, 4.69) is 25.7 Å². The average Bonchev–Trinajstić information content (AvgIpc) is 3.08. The van der Waals surface area contributed by atoms with Gasteiger partial charge in [-0.15, -0.1) is 5.10 Å². The van der Waals surface area contributed by atoms with Crippen LogP contribution in [0.1, 0.15) is 23.3 Å². The third-order valence-corrected chi connectivity index (χ3v) is 3.11. The molecule has 3 N–H and O–H groups in total. The number of anilines is 1. The number of aliphatic carboxylic acids is 1. The molecule has 10 nitrogen and oxygen atoms in total. The number of amides is 2. The Morgan fingerprint density at radius 3 is 2.84 bits per heavy atom. The molecule has 0 spiro atoms. The minimum Gasteiger partial charge on any atom is -0.481 e. The molecule has 0 atom stereocenters. The lowest BCUT2D eigenvalue weighted by atomic mass is 10.3. The quantitative estimate of drug-likeness (QED) is 0.503. The molecule has 1 aromatic heterocycles. The molecule has 0 radical (unpaired) electrons. The van der Waals surface area contributed by atoms with Crippen LogP contribution in [0.4, 0.5) is 10.5 Å². The van der Waals surface area contributed by atoms with Gasteiger partial charge in [0.15, 0.2) is 5.69 Å². The molecule has 1 heterocycles. The van der Waals surface area contributed by atoms with Crippen molar-refractivity contribution in [3.63, 3.8) is 0 Å². The summed E-state index contributed by atoms with van der Waals surface area (Å²) >= 11 is 0. The number of methoxy groups -OCH3 is 1. The van der Waals surface area contributed by atoms with Crippen molar-refractivity contribution in [1.29, 1.82) is 0 Å². The maximum atomic E-state index is 11.8. The predicted octanol–water partition coefficient (Wildman–Crippen LogP) is 1.04. The van der Waals surface area contributed by atoms with Gasteiger partial charge in [0.2, 0.25) is 0 Å². The lowest BCUT2D eigenvalue weighted by molar-refractivity contribution is -0.137. The van der Waals surface area contributed by atoms with E-state index in [0.29, 0.717) is 17.8 Å². The fourth-order valence-corrected chi connectivity index (χ4v) is 1.93. The van der Waals surface area contributed by atoms with E-state index >= 15 is 0 Å². The fraction of sp³-hybridized carbons (Fsp3) is 0.267. The second kappa shape index (κ2) is 8.43. The number of carboxylic acid groups (broad SMARTS) is 1. The first-order valence-corrected chi connectivity index (χ1v) is 7.37. The van der Waals surface area contributed by atoms with Crippen molar-refractivity contribution in [2.75, 3.05) is 19.0 Å². The Hall–Kier alpha value is -3.43. The second-order valence-corrected chi connectivity index (χ2v) is 4.97. The molecule has 2 aromatic rings. The molecule has 0 saturated heterocycles. The van der Waals surface area contributed by atoms with Crippen LogP contribution < -0.4 is 10.6 Å². The monoisotopic (exact) mass is 347 g/mol. The van der Waals surface area contributed by atoms with Crippen LogP contribution in [0.3, 0.4) is 0 Å². The van der Waals surface area contributed by atoms with E-state index in [1.165, 1.54) is 18.0 Å². The zero-order valence-corrected chi connectivity index (χ0v) is 13.4. The number of aromatic nitrogens is 3. The molecule has 0 aliphatic carbocycles. The van der Waals surface area contributed by atoms with Crippen LogP contribution in [0.25, 0.3) is 5.69 Å². The molecule has 0 bridgehead atoms. The van der Waals surface area contributed by atoms with Gasteiger partial charge in [-0.05, 0) is 24.6 Å². The lowest BCUT2D eigenvalue weighted by Gasteiger charge is -2.08. The highest BCUT2D eigenvalue weighted by Gasteiger charge is 2.11. The third kappa shape index (κ3) is 5.30. The lowest BCUT2D eigenvalue weighted by Crippen LogP contribution is -2.29. The Kier molecular flexibility index (Phi) is 6.04. The number of hydrogen-bond donors (Lipinski definition) is 3. The van der Waals surface area contributed by atoms with Crippen LogP contribution in [-0.2, 0) is 9.53 Å². The van der Waals surface area contributed by atoms with Crippen LogP contribution in [-0.4, -0.2) is 51.7 Å². The molecule has 0 aliphatic heterocycles. The molecule has 2 rings (SSSR count). The van der Waals surface area contributed by atoms with E-state index in [-0.39, 0.29) is 18.7 Å². The smallest absolute Gasteiger partial charge is 0.360 e. The van der Waals surface area contributed by atoms with Crippen molar-refractivity contribution in [3.05, 3.63) is 36.2 Å². The van der Waals surface area contributed by atoms with Crippen molar-refractivity contribution < 1.29 is 24.2 Å². The Balaban J connectivity index is 1.96. The van der Waals surface area contributed by atoms with E-state index in [1.807, 2.05) is 0 Å². The number of esters is 1. The number of nitrogens with one attached hydrogen (secondary N) is 2. The molecule has 10 heteroatoms. The molecule has 2 amide bonds. The predicted molar refractivity (Wildman–Crippen MR) is 86.6 cm³/mol. The minimum atomic E-state index is -0.908. The molecule has 0 saturated carbocycles. The maximum Gasteiger partial charge on any atom is 0.360 e. The number of ether oxygens (including phenoxy) is 1. The molecular formula is C15H17N5O5. The highest BCUT2D eigenvalue weighted by molar-refractivity contribution is 5.89. The summed E-state index contributed by atoms with van der Waals surface area (Å²) in [5, 5.41) is 21.3. The number of carbonyl (C=O) groups excluding carboxylic acids is 2. The second-order valence-electron chi connectivity index (χ2n) is 4.97. The number of carboxylic acids is 1. The van der Waals surface area contributed by atoms with Gasteiger partial charge in [0.05, 0.1) is 19.0 Å². The third-order valence-electron chi connectivity index (χ3n) is 3.11. The maximum absolute atomic E-state index is 11.8. The summed E-state index contributed by atoms with van der Waals surface area (Å²) in [6.45, 7) is 0.253. The van der Waals surface area contributed by atoms with Crippen LogP contribution in [0.2, 0.25) is 0 Å². The highest BCUT2D eigenvalue weighted by atomic mass is 16.5. The van der Waals surface area contributed by atoms with Crippen molar-refractivity contribution in [2.24, 2.45) is 0 Å². The van der Waals surface area contributed by atoms with Gasteiger partial charge >= 0.3 is 18.0 Å². The zero-order valence-electron chi connectivity index (χ0n) is 13.4. The van der Waals surface area contributed by atoms with Crippen LogP contribution >= 0.6 is 0 Å². The molecule has 1 aromatic carbocycles. The van der Waals surface area contributed by atoms with Gasteiger partial charge in [-0.2, -0.15) is 0 Å². The van der Waals surface area contributed by atoms with Gasteiger partial charge in [-0.25, -0.2) is 14.3 Å². The highest BCUT2D eigenvalue weighted by Crippen LogP contribution is 2.14. The molecular weight excluding hydrogens is 330 g/mol. The number of hydrogen-bond acceptors (Lipinski definition) is 6. The Bertz CT molecular complexity index is 773. The summed E-state index contributed by atoms with van der Waals surface area (Å²) in [5.41, 5.74) is 1.16. The summed E-state index contributed by atoms with van der Waals surface area (Å²) in [4.78, 5) is 33.6. The number of carbonyl (C=O) groups is 3. The van der Waals surface area contributed by atoms with Crippen LogP contribution in [0, 0.1) is 0 Å². The minimum absolute atomic E-state index is 0.00933. The van der Waals surface area contributed by atoms with Gasteiger partial charge in [0.25, 0.3) is 0 Å². The van der Waals surface area contributed by atoms with Gasteiger partial charge < -0.3 is 20.5 Å². The topological polar surface area (TPSA) is 135 Å². The van der Waals surface area contributed by atoms with Crippen molar-refractivity contribution in [2.45, 2.75) is 12.8 Å². The summed E-state index contributed by atoms with van der Waals surface area (Å²) < 4.78 is 5.94. The molecule has 0 fully saturated rings. The Labute approximate surface area is 142 Å². The van der Waals surface area contributed by atoms with E-state index in [9.17, 15) is 14.4 Å². The van der Waals surface area contributed by atoms with E-state index < -0.39 is 18.0 Å². The molecule has 25 heavy (non-hydrogen) atoms. The Morgan fingerprint density at radius 1 is 1.32 bits per heavy atom. The van der Waals surface area contributed by atoms with Crippen LogP contribution in [0.5, 0.6) is 0 Å². The van der Waals surface area contributed by atoms with Crippen LogP contribution in [0.15, 0.2) is 30.5 Å². The SMILES string of the molecule is COC(=O)c1cn(-c2cccc(NC(=O)NCCCC(=O)O)c2)nn1. The number of rotatable bonds is 7. The van der Waals surface area contributed by atoms with E-state index in [1.54, 1.807) is 24.3 Å². The van der Waals surface area contributed by atoms with Gasteiger partial charge in [-0.3, -0.25) is 4.79 Å². The Morgan fingerprint density at radius 2 is 2.12 bits per heavy atom. The summed E-state index contributed by atoms with van der Waals surface area (Å²) in [6, 6.07) is 6.31. The van der Waals surface area contributed by atoms with Gasteiger partial charge in [0.1, 0.15) is 0 Å². The van der Waals surface area contributed by atoms with E-state index in [4.69, 9.17) is 5.11 Å². The fourth-order valence-electron chi connectivity index (χ4n) is 1.93. The van der Waals surface area contributed by atoms with E-state index in [0.717, 1.165) is 0 Å². The standard InChI is InChI=1S/C15H17N5O5/c1-25-14(23)12-9-20(19-18-12)11-5-2-4-10(8-11)17-15(24)16-7-3-6-13(21)22/h2,4-5,8-9H,3,6-7H2,1H3,(H,21,22)(H2,16,17,24). The number of nitrogens with zero attached hydrogens (tertiary/aromatic N) is 3.